The smallest absolute Gasteiger partial charge is 0.235 e. The first kappa shape index (κ1) is 18.4. The fraction of sp³-hybridized carbons (Fsp3) is 0.227. The molecule has 144 valence electrons. The van der Waals surface area contributed by atoms with Crippen LogP contribution in [0.1, 0.15) is 34.5 Å². The summed E-state index contributed by atoms with van der Waals surface area (Å²) in [6, 6.07) is 10.5. The highest BCUT2D eigenvalue weighted by molar-refractivity contribution is 6.18. The van der Waals surface area contributed by atoms with Crippen molar-refractivity contribution in [1.82, 2.24) is 4.57 Å². The molecule has 0 unspecified atom stereocenters. The van der Waals surface area contributed by atoms with E-state index in [0.29, 0.717) is 5.88 Å². The molecule has 6 heteroatoms. The summed E-state index contributed by atoms with van der Waals surface area (Å²) in [6.45, 7) is 2.86. The number of hydrogen-bond donors (Lipinski definition) is 2. The third-order valence-electron chi connectivity index (χ3n) is 5.06. The zero-order valence-electron chi connectivity index (χ0n) is 15.4. The summed E-state index contributed by atoms with van der Waals surface area (Å²) in [4.78, 5) is 12.7. The van der Waals surface area contributed by atoms with Crippen molar-refractivity contribution in [2.45, 2.75) is 26.3 Å². The number of allylic oxidation sites excluding steroid dienone is 1. The molecule has 0 spiro atoms. The lowest BCUT2D eigenvalue weighted by Crippen LogP contribution is -2.01. The maximum Gasteiger partial charge on any atom is 0.235 e. The van der Waals surface area contributed by atoms with Gasteiger partial charge in [0.05, 0.1) is 0 Å². The summed E-state index contributed by atoms with van der Waals surface area (Å²) >= 11 is 5.82. The zero-order chi connectivity index (χ0) is 19.8. The third-order valence-corrected chi connectivity index (χ3v) is 5.32. The molecule has 3 aromatic rings. The summed E-state index contributed by atoms with van der Waals surface area (Å²) < 4.78 is 7.89. The van der Waals surface area contributed by atoms with Gasteiger partial charge in [0, 0.05) is 46.7 Å². The molecule has 0 atom stereocenters. The van der Waals surface area contributed by atoms with Gasteiger partial charge in [-0.25, -0.2) is 0 Å². The molecule has 2 heterocycles. The number of alkyl halides is 1. The lowest BCUT2D eigenvalue weighted by Gasteiger charge is -2.07. The Balaban J connectivity index is 1.79. The Morgan fingerprint density at radius 3 is 2.75 bits per heavy atom. The average molecular weight is 398 g/mol. The van der Waals surface area contributed by atoms with Crippen LogP contribution >= 0.6 is 11.6 Å². The molecule has 0 amide bonds. The number of aryl methyl sites for hydroxylation is 1. The number of ketones is 1. The normalized spacial score (nSPS) is 14.6. The van der Waals surface area contributed by atoms with Gasteiger partial charge in [0.2, 0.25) is 5.78 Å². The summed E-state index contributed by atoms with van der Waals surface area (Å²) in [5.41, 5.74) is 3.10. The molecule has 0 bridgehead atoms. The highest BCUT2D eigenvalue weighted by Gasteiger charge is 2.31. The van der Waals surface area contributed by atoms with E-state index in [-0.39, 0.29) is 28.6 Å². The predicted molar refractivity (Wildman–Crippen MR) is 109 cm³/mol. The van der Waals surface area contributed by atoms with E-state index in [0.717, 1.165) is 47.6 Å². The van der Waals surface area contributed by atoms with Crippen molar-refractivity contribution >= 4 is 34.4 Å². The van der Waals surface area contributed by atoms with Crippen LogP contribution < -0.4 is 4.74 Å². The van der Waals surface area contributed by atoms with Crippen LogP contribution in [-0.2, 0) is 6.54 Å². The number of para-hydroxylation sites is 1. The highest BCUT2D eigenvalue weighted by atomic mass is 35.5. The molecule has 1 aromatic heterocycles. The van der Waals surface area contributed by atoms with Crippen molar-refractivity contribution in [2.75, 3.05) is 5.88 Å². The molecule has 5 nitrogen and oxygen atoms in total. The molecule has 2 aromatic carbocycles. The van der Waals surface area contributed by atoms with Gasteiger partial charge in [-0.3, -0.25) is 4.79 Å². The van der Waals surface area contributed by atoms with Gasteiger partial charge in [0.25, 0.3) is 0 Å². The van der Waals surface area contributed by atoms with Gasteiger partial charge in [-0.15, -0.1) is 11.6 Å². The van der Waals surface area contributed by atoms with Crippen LogP contribution in [0.15, 0.2) is 42.2 Å². The molecular formula is C22H20ClNO4. The minimum atomic E-state index is -0.397. The first-order chi connectivity index (χ1) is 13.5. The Morgan fingerprint density at radius 2 is 1.96 bits per heavy atom. The largest absolute Gasteiger partial charge is 0.508 e. The summed E-state index contributed by atoms with van der Waals surface area (Å²) in [5.74, 6) is 0.0818. The number of aromatic hydroxyl groups is 2. The lowest BCUT2D eigenvalue weighted by atomic mass is 10.1. The second kappa shape index (κ2) is 7.24. The van der Waals surface area contributed by atoms with Crippen molar-refractivity contribution < 1.29 is 19.7 Å². The summed E-state index contributed by atoms with van der Waals surface area (Å²) in [6.07, 6.45) is 3.62. The highest BCUT2D eigenvalue weighted by Crippen LogP contribution is 2.41. The Labute approximate surface area is 167 Å². The van der Waals surface area contributed by atoms with E-state index in [1.807, 2.05) is 25.1 Å². The molecular weight excluding hydrogens is 378 g/mol. The van der Waals surface area contributed by atoms with Crippen molar-refractivity contribution in [1.29, 1.82) is 0 Å². The number of carbonyl (C=O) groups is 1. The minimum absolute atomic E-state index is 0.0764. The monoisotopic (exact) mass is 397 g/mol. The van der Waals surface area contributed by atoms with Gasteiger partial charge in [-0.05, 0) is 31.9 Å². The van der Waals surface area contributed by atoms with E-state index >= 15 is 0 Å². The number of hydrogen-bond acceptors (Lipinski definition) is 4. The van der Waals surface area contributed by atoms with E-state index in [1.165, 1.54) is 6.07 Å². The average Bonchev–Trinajstić information content (AvgIpc) is 3.11. The standard InChI is InChI=1S/C22H20ClNO4/c1-13-16(15-6-2-3-7-17(15)24(13)9-5-4-8-23)12-20-22(27)21-18(26)10-14(25)11-19(21)28-20/h2-3,6-7,10-12,25-26H,4-5,8-9H2,1H3/b20-12-. The van der Waals surface area contributed by atoms with Crippen molar-refractivity contribution in [3.63, 3.8) is 0 Å². The quantitative estimate of drug-likeness (QED) is 0.361. The number of halogens is 1. The van der Waals surface area contributed by atoms with Crippen molar-refractivity contribution in [3.8, 4) is 17.2 Å². The molecule has 4 rings (SSSR count). The molecule has 0 saturated carbocycles. The second-order valence-corrected chi connectivity index (χ2v) is 7.22. The molecule has 1 aliphatic rings. The van der Waals surface area contributed by atoms with Gasteiger partial charge in [-0.1, -0.05) is 18.2 Å². The number of nitrogens with zero attached hydrogens (tertiary/aromatic N) is 1. The molecule has 0 saturated heterocycles. The Hall–Kier alpha value is -2.92. The first-order valence-corrected chi connectivity index (χ1v) is 9.68. The lowest BCUT2D eigenvalue weighted by molar-refractivity contribution is 0.101. The number of phenolic OH excluding ortho intramolecular Hbond substituents is 2. The van der Waals surface area contributed by atoms with Crippen LogP contribution in [-0.4, -0.2) is 26.4 Å². The van der Waals surface area contributed by atoms with Crippen LogP contribution in [0.4, 0.5) is 0 Å². The van der Waals surface area contributed by atoms with E-state index in [4.69, 9.17) is 16.3 Å². The number of fused-ring (bicyclic) bond motifs is 2. The van der Waals surface area contributed by atoms with Crippen molar-refractivity contribution in [2.24, 2.45) is 0 Å². The maximum atomic E-state index is 12.7. The second-order valence-electron chi connectivity index (χ2n) is 6.84. The van der Waals surface area contributed by atoms with Gasteiger partial charge in [0.15, 0.2) is 5.76 Å². The fourth-order valence-electron chi connectivity index (χ4n) is 3.70. The number of carbonyl (C=O) groups excluding carboxylic acids is 1. The van der Waals surface area contributed by atoms with Crippen LogP contribution in [0.2, 0.25) is 0 Å². The third kappa shape index (κ3) is 3.02. The SMILES string of the molecule is Cc1c(/C=C2\Oc3cc(O)cc(O)c3C2=O)c2ccccc2n1CCCCCl. The number of unbranched alkanes of at least 4 members (excludes halogenated alkanes) is 1. The van der Waals surface area contributed by atoms with E-state index in [1.54, 1.807) is 6.08 Å². The first-order valence-electron chi connectivity index (χ1n) is 9.15. The summed E-state index contributed by atoms with van der Waals surface area (Å²) in [7, 11) is 0. The topological polar surface area (TPSA) is 71.7 Å². The minimum Gasteiger partial charge on any atom is -0.508 e. The number of phenols is 2. The van der Waals surface area contributed by atoms with Crippen LogP contribution in [0.3, 0.4) is 0 Å². The number of rotatable bonds is 5. The van der Waals surface area contributed by atoms with E-state index in [9.17, 15) is 15.0 Å². The predicted octanol–water partition coefficient (Wildman–Crippen LogP) is 5.00. The number of aromatic nitrogens is 1. The fourth-order valence-corrected chi connectivity index (χ4v) is 3.89. The number of benzene rings is 2. The Bertz CT molecular complexity index is 1110. The maximum absolute atomic E-state index is 12.7. The molecule has 28 heavy (non-hydrogen) atoms. The molecule has 0 radical (unpaired) electrons. The van der Waals surface area contributed by atoms with Crippen LogP contribution in [0.5, 0.6) is 17.2 Å². The molecule has 0 fully saturated rings. The van der Waals surface area contributed by atoms with Crippen LogP contribution in [0.25, 0.3) is 17.0 Å². The molecule has 0 aliphatic carbocycles. The Kier molecular flexibility index (Phi) is 4.77. The zero-order valence-corrected chi connectivity index (χ0v) is 16.2. The van der Waals surface area contributed by atoms with Crippen LogP contribution in [0, 0.1) is 6.92 Å². The number of ether oxygens (including phenoxy) is 1. The Morgan fingerprint density at radius 1 is 1.18 bits per heavy atom. The molecule has 2 N–H and O–H groups in total. The van der Waals surface area contributed by atoms with Gasteiger partial charge < -0.3 is 19.5 Å². The summed E-state index contributed by atoms with van der Waals surface area (Å²) in [5, 5.41) is 20.7. The van der Waals surface area contributed by atoms with Gasteiger partial charge >= 0.3 is 0 Å². The van der Waals surface area contributed by atoms with Gasteiger partial charge in [-0.2, -0.15) is 0 Å². The van der Waals surface area contributed by atoms with E-state index in [2.05, 4.69) is 10.6 Å². The number of Topliss-reactive ketones (excluding diaryl/α,β-unsaturated/α-hetero) is 1. The molecule has 1 aliphatic heterocycles. The van der Waals surface area contributed by atoms with Crippen molar-refractivity contribution in [3.05, 3.63) is 59.0 Å². The van der Waals surface area contributed by atoms with Gasteiger partial charge in [0.1, 0.15) is 22.8 Å². The van der Waals surface area contributed by atoms with E-state index < -0.39 is 5.78 Å².